The number of para-hydroxylation sites is 1. The van der Waals surface area contributed by atoms with E-state index in [1.807, 2.05) is 24.3 Å². The predicted molar refractivity (Wildman–Crippen MR) is 105 cm³/mol. The summed E-state index contributed by atoms with van der Waals surface area (Å²) in [5.74, 6) is 0.412. The van der Waals surface area contributed by atoms with Crippen LogP contribution in [0.25, 0.3) is 0 Å². The van der Waals surface area contributed by atoms with Gasteiger partial charge in [0, 0.05) is 30.6 Å². The van der Waals surface area contributed by atoms with Crippen LogP contribution in [0.5, 0.6) is 11.5 Å². The maximum atomic E-state index is 11.0. The van der Waals surface area contributed by atoms with Crippen LogP contribution >= 0.6 is 0 Å². The van der Waals surface area contributed by atoms with Crippen LogP contribution in [0.15, 0.2) is 47.5 Å². The van der Waals surface area contributed by atoms with E-state index in [1.54, 1.807) is 19.4 Å². The number of hydrogen-bond acceptors (Lipinski definition) is 5. The minimum absolute atomic E-state index is 0.222. The Morgan fingerprint density at radius 3 is 2.42 bits per heavy atom. The van der Waals surface area contributed by atoms with Crippen LogP contribution in [-0.4, -0.2) is 38.9 Å². The summed E-state index contributed by atoms with van der Waals surface area (Å²) >= 11 is 0. The molecular formula is C20H25N3O3. The number of benzene rings is 2. The summed E-state index contributed by atoms with van der Waals surface area (Å²) in [4.78, 5) is 17.8. The molecule has 6 heteroatoms. The van der Waals surface area contributed by atoms with Gasteiger partial charge in [-0.1, -0.05) is 6.07 Å². The molecule has 0 heterocycles. The van der Waals surface area contributed by atoms with Crippen molar-refractivity contribution in [3.8, 4) is 11.5 Å². The molecule has 1 amide bonds. The maximum Gasteiger partial charge on any atom is 0.255 e. The second-order valence-corrected chi connectivity index (χ2v) is 5.58. The number of nitrogens with zero attached hydrogens (tertiary/aromatic N) is 2. The zero-order chi connectivity index (χ0) is 18.9. The summed E-state index contributed by atoms with van der Waals surface area (Å²) in [6.07, 6.45) is 1.69. The highest BCUT2D eigenvalue weighted by Gasteiger charge is 2.10. The zero-order valence-electron chi connectivity index (χ0n) is 15.4. The number of carbonyl (C=O) groups is 1. The third-order valence-electron chi connectivity index (χ3n) is 3.92. The minimum atomic E-state index is -0.550. The topological polar surface area (TPSA) is 77.2 Å². The monoisotopic (exact) mass is 355 g/mol. The fourth-order valence-electron chi connectivity index (χ4n) is 2.58. The first kappa shape index (κ1) is 19.3. The smallest absolute Gasteiger partial charge is 0.255 e. The van der Waals surface area contributed by atoms with Gasteiger partial charge in [0.1, 0.15) is 0 Å². The van der Waals surface area contributed by atoms with E-state index in [4.69, 9.17) is 15.2 Å². The Labute approximate surface area is 154 Å². The number of nitrogens with two attached hydrogens (primary N) is 1. The number of anilines is 1. The van der Waals surface area contributed by atoms with Crippen molar-refractivity contribution in [2.45, 2.75) is 13.8 Å². The lowest BCUT2D eigenvalue weighted by Gasteiger charge is -2.20. The van der Waals surface area contributed by atoms with Gasteiger partial charge < -0.3 is 20.1 Å². The molecule has 2 aromatic carbocycles. The molecule has 0 bridgehead atoms. The van der Waals surface area contributed by atoms with Crippen LogP contribution in [0.4, 0.5) is 11.4 Å². The van der Waals surface area contributed by atoms with Crippen molar-refractivity contribution in [3.05, 3.63) is 48.0 Å². The Hall–Kier alpha value is -3.02. The highest BCUT2D eigenvalue weighted by Crippen LogP contribution is 2.30. The number of amides is 1. The summed E-state index contributed by atoms with van der Waals surface area (Å²) in [6.45, 7) is 5.96. The van der Waals surface area contributed by atoms with Gasteiger partial charge in [0.2, 0.25) is 0 Å². The van der Waals surface area contributed by atoms with E-state index in [9.17, 15) is 4.79 Å². The zero-order valence-corrected chi connectivity index (χ0v) is 15.4. The Balaban J connectivity index is 2.22. The molecule has 0 aliphatic heterocycles. The van der Waals surface area contributed by atoms with Gasteiger partial charge in [-0.15, -0.1) is 0 Å². The van der Waals surface area contributed by atoms with E-state index in [-0.39, 0.29) is 6.61 Å². The van der Waals surface area contributed by atoms with Crippen LogP contribution in [0.2, 0.25) is 0 Å². The summed E-state index contributed by atoms with van der Waals surface area (Å²) in [7, 11) is 1.54. The fourth-order valence-corrected chi connectivity index (χ4v) is 2.58. The van der Waals surface area contributed by atoms with Crippen molar-refractivity contribution in [1.29, 1.82) is 0 Å². The van der Waals surface area contributed by atoms with E-state index >= 15 is 0 Å². The quantitative estimate of drug-likeness (QED) is 0.701. The minimum Gasteiger partial charge on any atom is -0.493 e. The number of primary amides is 1. The number of carbonyl (C=O) groups excluding carboxylic acids is 1. The standard InChI is InChI=1S/C20H25N3O3/c1-4-23(5-2)17-11-9-16(10-12-17)22-13-15-7-6-8-18(25-3)20(15)26-14-19(21)24/h6-13H,4-5,14H2,1-3H3,(H2,21,24). The fraction of sp³-hybridized carbons (Fsp3) is 0.300. The maximum absolute atomic E-state index is 11.0. The lowest BCUT2D eigenvalue weighted by molar-refractivity contribution is -0.119. The summed E-state index contributed by atoms with van der Waals surface area (Å²) < 4.78 is 10.8. The molecule has 2 aromatic rings. The van der Waals surface area contributed by atoms with Gasteiger partial charge in [-0.05, 0) is 50.2 Å². The predicted octanol–water partition coefficient (Wildman–Crippen LogP) is 3.16. The molecule has 0 saturated heterocycles. The molecule has 0 unspecified atom stereocenters. The van der Waals surface area contributed by atoms with Gasteiger partial charge in [0.25, 0.3) is 5.91 Å². The number of ether oxygens (including phenoxy) is 2. The molecule has 0 aromatic heterocycles. The van der Waals surface area contributed by atoms with Gasteiger partial charge in [-0.25, -0.2) is 0 Å². The molecule has 0 saturated carbocycles. The SMILES string of the molecule is CCN(CC)c1ccc(N=Cc2cccc(OC)c2OCC(N)=O)cc1. The van der Waals surface area contributed by atoms with Crippen LogP contribution in [0.3, 0.4) is 0 Å². The number of rotatable bonds is 9. The van der Waals surface area contributed by atoms with Crippen molar-refractivity contribution in [3.63, 3.8) is 0 Å². The molecule has 138 valence electrons. The first-order valence-electron chi connectivity index (χ1n) is 8.56. The van der Waals surface area contributed by atoms with Gasteiger partial charge >= 0.3 is 0 Å². The molecular weight excluding hydrogens is 330 g/mol. The highest BCUT2D eigenvalue weighted by atomic mass is 16.5. The van der Waals surface area contributed by atoms with Crippen molar-refractivity contribution in [1.82, 2.24) is 0 Å². The van der Waals surface area contributed by atoms with Gasteiger partial charge in [-0.3, -0.25) is 9.79 Å². The largest absolute Gasteiger partial charge is 0.493 e. The normalized spacial score (nSPS) is 10.7. The number of hydrogen-bond donors (Lipinski definition) is 1. The van der Waals surface area contributed by atoms with Crippen molar-refractivity contribution in [2.75, 3.05) is 31.7 Å². The van der Waals surface area contributed by atoms with Gasteiger partial charge in [-0.2, -0.15) is 0 Å². The van der Waals surface area contributed by atoms with Crippen LogP contribution in [0, 0.1) is 0 Å². The van der Waals surface area contributed by atoms with Crippen molar-refractivity contribution >= 4 is 23.5 Å². The average molecular weight is 355 g/mol. The average Bonchev–Trinajstić information content (AvgIpc) is 2.66. The number of methoxy groups -OCH3 is 1. The lowest BCUT2D eigenvalue weighted by atomic mass is 10.2. The van der Waals surface area contributed by atoms with Gasteiger partial charge in [0.05, 0.1) is 12.8 Å². The second-order valence-electron chi connectivity index (χ2n) is 5.58. The van der Waals surface area contributed by atoms with E-state index in [2.05, 4.69) is 35.9 Å². The molecule has 0 atom stereocenters. The van der Waals surface area contributed by atoms with Crippen molar-refractivity contribution < 1.29 is 14.3 Å². The van der Waals surface area contributed by atoms with Crippen LogP contribution in [0.1, 0.15) is 19.4 Å². The molecule has 0 aliphatic carbocycles. The molecule has 0 radical (unpaired) electrons. The molecule has 0 aliphatic rings. The molecule has 6 nitrogen and oxygen atoms in total. The van der Waals surface area contributed by atoms with E-state index in [1.165, 1.54) is 5.69 Å². The van der Waals surface area contributed by atoms with E-state index in [0.29, 0.717) is 17.1 Å². The Morgan fingerprint density at radius 2 is 1.85 bits per heavy atom. The summed E-state index contributed by atoms with van der Waals surface area (Å²) in [5.41, 5.74) is 7.86. The Bertz CT molecular complexity index is 753. The third-order valence-corrected chi connectivity index (χ3v) is 3.92. The van der Waals surface area contributed by atoms with Crippen LogP contribution in [-0.2, 0) is 4.79 Å². The Morgan fingerprint density at radius 1 is 1.15 bits per heavy atom. The van der Waals surface area contributed by atoms with Crippen molar-refractivity contribution in [2.24, 2.45) is 10.7 Å². The molecule has 0 fully saturated rings. The number of aliphatic imine (C=N–C) groups is 1. The summed E-state index contributed by atoms with van der Waals surface area (Å²) in [5, 5.41) is 0. The molecule has 2 rings (SSSR count). The third kappa shape index (κ3) is 4.99. The molecule has 2 N–H and O–H groups in total. The summed E-state index contributed by atoms with van der Waals surface area (Å²) in [6, 6.07) is 13.5. The van der Waals surface area contributed by atoms with E-state index < -0.39 is 5.91 Å². The molecule has 0 spiro atoms. The second kappa shape index (κ2) is 9.46. The first-order valence-corrected chi connectivity index (χ1v) is 8.56. The lowest BCUT2D eigenvalue weighted by Crippen LogP contribution is -2.21. The highest BCUT2D eigenvalue weighted by molar-refractivity contribution is 5.87. The van der Waals surface area contributed by atoms with E-state index in [0.717, 1.165) is 18.8 Å². The molecule has 26 heavy (non-hydrogen) atoms. The van der Waals surface area contributed by atoms with Gasteiger partial charge in [0.15, 0.2) is 18.1 Å². The first-order chi connectivity index (χ1) is 12.6. The Kier molecular flexibility index (Phi) is 7.02. The van der Waals surface area contributed by atoms with Crippen LogP contribution < -0.4 is 20.1 Å².